The molecule has 0 amide bonds. The van der Waals surface area contributed by atoms with Crippen LogP contribution in [0.15, 0.2) is 28.7 Å². The van der Waals surface area contributed by atoms with Gasteiger partial charge < -0.3 is 15.2 Å². The molecule has 0 bridgehead atoms. The summed E-state index contributed by atoms with van der Waals surface area (Å²) < 4.78 is 11.9. The molecule has 0 aromatic heterocycles. The van der Waals surface area contributed by atoms with Crippen molar-refractivity contribution in [1.82, 2.24) is 0 Å². The zero-order valence-electron chi connectivity index (χ0n) is 8.36. The van der Waals surface area contributed by atoms with Gasteiger partial charge in [0.25, 0.3) is 0 Å². The monoisotopic (exact) mass is 271 g/mol. The van der Waals surface area contributed by atoms with Crippen LogP contribution in [0, 0.1) is 0 Å². The van der Waals surface area contributed by atoms with Gasteiger partial charge >= 0.3 is 0 Å². The Bertz CT molecular complexity index is 311. The summed E-state index contributed by atoms with van der Waals surface area (Å²) in [5, 5.41) is 0. The highest BCUT2D eigenvalue weighted by atomic mass is 79.9. The molecule has 1 atom stereocenters. The molecule has 1 saturated heterocycles. The summed E-state index contributed by atoms with van der Waals surface area (Å²) in [6, 6.07) is 8.06. The number of nitrogens with two attached hydrogens (primary N) is 1. The van der Waals surface area contributed by atoms with Crippen molar-refractivity contribution >= 4 is 15.9 Å². The van der Waals surface area contributed by atoms with Crippen molar-refractivity contribution < 1.29 is 9.47 Å². The summed E-state index contributed by atoms with van der Waals surface area (Å²) in [7, 11) is 0. The van der Waals surface area contributed by atoms with Crippen molar-refractivity contribution in [3.05, 3.63) is 34.3 Å². The van der Waals surface area contributed by atoms with Crippen LogP contribution < -0.4 is 5.73 Å². The van der Waals surface area contributed by atoms with E-state index < -0.39 is 0 Å². The van der Waals surface area contributed by atoms with E-state index in [1.165, 1.54) is 0 Å². The lowest BCUT2D eigenvalue weighted by molar-refractivity contribution is -0.153. The normalized spacial score (nSPS) is 18.5. The van der Waals surface area contributed by atoms with Gasteiger partial charge in [-0.3, -0.25) is 0 Å². The second-order valence-corrected chi connectivity index (χ2v) is 4.49. The molecule has 15 heavy (non-hydrogen) atoms. The fourth-order valence-electron chi connectivity index (χ4n) is 1.47. The van der Waals surface area contributed by atoms with Gasteiger partial charge in [-0.2, -0.15) is 0 Å². The van der Waals surface area contributed by atoms with Crippen LogP contribution in [-0.4, -0.2) is 25.9 Å². The van der Waals surface area contributed by atoms with Gasteiger partial charge in [0, 0.05) is 11.0 Å². The number of hydrogen-bond acceptors (Lipinski definition) is 3. The summed E-state index contributed by atoms with van der Waals surface area (Å²) in [6.45, 7) is 1.87. The van der Waals surface area contributed by atoms with E-state index in [4.69, 9.17) is 15.2 Å². The van der Waals surface area contributed by atoms with Gasteiger partial charge in [0.15, 0.2) is 0 Å². The predicted molar refractivity (Wildman–Crippen MR) is 61.6 cm³/mol. The van der Waals surface area contributed by atoms with Gasteiger partial charge in [-0.05, 0) is 17.7 Å². The molecule has 0 spiro atoms. The Morgan fingerprint density at radius 1 is 1.40 bits per heavy atom. The van der Waals surface area contributed by atoms with Crippen molar-refractivity contribution in [1.29, 1.82) is 0 Å². The molecule has 0 saturated carbocycles. The summed E-state index contributed by atoms with van der Waals surface area (Å²) in [6.07, 6.45) is 0.189. The SMILES string of the molecule is NCC(OC1COC1)c1ccc(Br)cc1. The van der Waals surface area contributed by atoms with Crippen molar-refractivity contribution in [3.63, 3.8) is 0 Å². The number of hydrogen-bond donors (Lipinski definition) is 1. The standard InChI is InChI=1S/C11H14BrNO2/c12-9-3-1-8(2-4-9)11(5-13)15-10-6-14-7-10/h1-4,10-11H,5-7,13H2. The molecular formula is C11H14BrNO2. The van der Waals surface area contributed by atoms with Crippen molar-refractivity contribution in [3.8, 4) is 0 Å². The molecule has 3 nitrogen and oxygen atoms in total. The van der Waals surface area contributed by atoms with Gasteiger partial charge in [0.2, 0.25) is 0 Å². The fourth-order valence-corrected chi connectivity index (χ4v) is 1.74. The van der Waals surface area contributed by atoms with E-state index in [-0.39, 0.29) is 12.2 Å². The van der Waals surface area contributed by atoms with Crippen LogP contribution in [0.25, 0.3) is 0 Å². The molecule has 0 radical (unpaired) electrons. The molecule has 2 N–H and O–H groups in total. The first-order chi connectivity index (χ1) is 7.29. The van der Waals surface area contributed by atoms with Crippen molar-refractivity contribution in [2.24, 2.45) is 5.73 Å². The zero-order valence-corrected chi connectivity index (χ0v) is 9.94. The fraction of sp³-hybridized carbons (Fsp3) is 0.455. The summed E-state index contributed by atoms with van der Waals surface area (Å²) in [4.78, 5) is 0. The number of ether oxygens (including phenoxy) is 2. The molecule has 1 fully saturated rings. The largest absolute Gasteiger partial charge is 0.376 e. The smallest absolute Gasteiger partial charge is 0.105 e. The Hall–Kier alpha value is -0.420. The van der Waals surface area contributed by atoms with Crippen LogP contribution >= 0.6 is 15.9 Å². The first-order valence-corrected chi connectivity index (χ1v) is 5.77. The second-order valence-electron chi connectivity index (χ2n) is 3.57. The lowest BCUT2D eigenvalue weighted by Crippen LogP contribution is -2.38. The van der Waals surface area contributed by atoms with Gasteiger partial charge in [0.05, 0.1) is 19.3 Å². The minimum atomic E-state index is -0.0213. The van der Waals surface area contributed by atoms with E-state index in [1.807, 2.05) is 24.3 Å². The lowest BCUT2D eigenvalue weighted by atomic mass is 10.1. The highest BCUT2D eigenvalue weighted by Gasteiger charge is 2.23. The molecule has 1 heterocycles. The van der Waals surface area contributed by atoms with Crippen LogP contribution in [0.3, 0.4) is 0 Å². The van der Waals surface area contributed by atoms with E-state index in [1.54, 1.807) is 0 Å². The van der Waals surface area contributed by atoms with Gasteiger partial charge in [-0.1, -0.05) is 28.1 Å². The first kappa shape index (κ1) is 11.1. The van der Waals surface area contributed by atoms with Crippen LogP contribution in [0.4, 0.5) is 0 Å². The van der Waals surface area contributed by atoms with Gasteiger partial charge in [-0.25, -0.2) is 0 Å². The third kappa shape index (κ3) is 2.78. The Kier molecular flexibility index (Phi) is 3.75. The number of rotatable bonds is 4. The van der Waals surface area contributed by atoms with Gasteiger partial charge in [0.1, 0.15) is 6.10 Å². The predicted octanol–water partition coefficient (Wildman–Crippen LogP) is 1.86. The molecule has 0 aliphatic carbocycles. The maximum atomic E-state index is 5.80. The molecule has 1 aromatic carbocycles. The van der Waals surface area contributed by atoms with Crippen molar-refractivity contribution in [2.45, 2.75) is 12.2 Å². The maximum absolute atomic E-state index is 5.80. The Labute approximate surface area is 97.7 Å². The first-order valence-electron chi connectivity index (χ1n) is 4.98. The van der Waals surface area contributed by atoms with E-state index in [2.05, 4.69) is 15.9 Å². The Morgan fingerprint density at radius 2 is 2.07 bits per heavy atom. The molecule has 1 aliphatic heterocycles. The summed E-state index contributed by atoms with van der Waals surface area (Å²) in [5.41, 5.74) is 6.81. The van der Waals surface area contributed by atoms with E-state index in [0.29, 0.717) is 19.8 Å². The van der Waals surface area contributed by atoms with E-state index >= 15 is 0 Å². The maximum Gasteiger partial charge on any atom is 0.105 e. The van der Waals surface area contributed by atoms with Crippen molar-refractivity contribution in [2.75, 3.05) is 19.8 Å². The summed E-state index contributed by atoms with van der Waals surface area (Å²) >= 11 is 3.40. The average Bonchev–Trinajstić information content (AvgIpc) is 2.19. The third-order valence-corrected chi connectivity index (χ3v) is 2.95. The molecule has 1 aromatic rings. The zero-order chi connectivity index (χ0) is 10.7. The molecule has 2 rings (SSSR count). The molecular weight excluding hydrogens is 258 g/mol. The molecule has 4 heteroatoms. The number of halogens is 1. The highest BCUT2D eigenvalue weighted by molar-refractivity contribution is 9.10. The average molecular weight is 272 g/mol. The third-order valence-electron chi connectivity index (χ3n) is 2.42. The van der Waals surface area contributed by atoms with E-state index in [9.17, 15) is 0 Å². The highest BCUT2D eigenvalue weighted by Crippen LogP contribution is 2.22. The van der Waals surface area contributed by atoms with E-state index in [0.717, 1.165) is 10.0 Å². The second kappa shape index (κ2) is 5.07. The molecule has 1 aliphatic rings. The minimum absolute atomic E-state index is 0.0213. The topological polar surface area (TPSA) is 44.5 Å². The van der Waals surface area contributed by atoms with Gasteiger partial charge in [-0.15, -0.1) is 0 Å². The Morgan fingerprint density at radius 3 is 2.53 bits per heavy atom. The lowest BCUT2D eigenvalue weighted by Gasteiger charge is -2.30. The van der Waals surface area contributed by atoms with Crippen LogP contribution in [0.2, 0.25) is 0 Å². The molecule has 1 unspecified atom stereocenters. The summed E-state index contributed by atoms with van der Waals surface area (Å²) in [5.74, 6) is 0. The van der Waals surface area contributed by atoms with Crippen LogP contribution in [0.5, 0.6) is 0 Å². The van der Waals surface area contributed by atoms with Crippen LogP contribution in [-0.2, 0) is 9.47 Å². The number of benzene rings is 1. The molecule has 82 valence electrons. The quantitative estimate of drug-likeness (QED) is 0.910. The van der Waals surface area contributed by atoms with Crippen LogP contribution in [0.1, 0.15) is 11.7 Å². The Balaban J connectivity index is 2.01. The minimum Gasteiger partial charge on any atom is -0.376 e.